The summed E-state index contributed by atoms with van der Waals surface area (Å²) in [6.45, 7) is 0. The van der Waals surface area contributed by atoms with Gasteiger partial charge in [0.1, 0.15) is 22.3 Å². The number of benzene rings is 5. The second kappa shape index (κ2) is 18.2. The first-order valence-electron chi connectivity index (χ1n) is 16.0. The Morgan fingerprint density at radius 2 is 1.09 bits per heavy atom. The molecule has 0 bridgehead atoms. The molecule has 0 radical (unpaired) electrons. The number of primary amides is 1. The lowest BCUT2D eigenvalue weighted by Crippen LogP contribution is -2.34. The Bertz CT molecular complexity index is 2660. The predicted octanol–water partition coefficient (Wildman–Crippen LogP) is 6.57. The van der Waals surface area contributed by atoms with Crippen molar-refractivity contribution in [2.24, 2.45) is 5.73 Å². The highest BCUT2D eigenvalue weighted by Crippen LogP contribution is 2.21. The number of rotatable bonds is 5. The van der Waals surface area contributed by atoms with Crippen LogP contribution in [0.3, 0.4) is 0 Å². The van der Waals surface area contributed by atoms with Crippen LogP contribution in [0.15, 0.2) is 129 Å². The van der Waals surface area contributed by atoms with Gasteiger partial charge in [-0.15, -0.1) is 0 Å². The number of hydrogen-bond acceptors (Lipinski definition) is 13. The summed E-state index contributed by atoms with van der Waals surface area (Å²) in [7, 11) is 0. The third kappa shape index (κ3) is 10.9. The van der Waals surface area contributed by atoms with E-state index in [9.17, 15) is 24.0 Å². The van der Waals surface area contributed by atoms with E-state index < -0.39 is 29.8 Å². The Labute approximate surface area is 324 Å². The first-order valence-corrected chi connectivity index (χ1v) is 16.4. The predicted molar refractivity (Wildman–Crippen MR) is 205 cm³/mol. The summed E-state index contributed by atoms with van der Waals surface area (Å²) in [6, 6.07) is 23.9. The summed E-state index contributed by atoms with van der Waals surface area (Å²) < 4.78 is 15.0. The van der Waals surface area contributed by atoms with Gasteiger partial charge in [-0.25, -0.2) is 29.3 Å². The number of nitrogens with zero attached hydrogens (tertiary/aromatic N) is 3. The topological polar surface area (TPSA) is 300 Å². The Morgan fingerprint density at radius 3 is 1.60 bits per heavy atom. The summed E-state index contributed by atoms with van der Waals surface area (Å²) in [6.07, 6.45) is 3.91. The van der Waals surface area contributed by atoms with Crippen LogP contribution in [0.25, 0.3) is 33.3 Å². The molecule has 288 valence electrons. The summed E-state index contributed by atoms with van der Waals surface area (Å²) in [5.74, 6) is -3.26. The molecule has 3 aromatic heterocycles. The van der Waals surface area contributed by atoms with Gasteiger partial charge in [-0.3, -0.25) is 14.9 Å². The molecule has 0 saturated heterocycles. The number of amides is 4. The molecule has 0 saturated carbocycles. The Kier molecular flexibility index (Phi) is 12.7. The number of urea groups is 1. The van der Waals surface area contributed by atoms with Gasteiger partial charge in [0.2, 0.25) is 5.91 Å². The smallest absolute Gasteiger partial charge is 0.335 e. The maximum absolute atomic E-state index is 12.0. The number of aromatic carboxylic acids is 2. The number of nitrogens with one attached hydrogen (secondary N) is 2. The Morgan fingerprint density at radius 1 is 0.614 bits per heavy atom. The van der Waals surface area contributed by atoms with E-state index in [2.05, 4.69) is 25.6 Å². The van der Waals surface area contributed by atoms with Crippen molar-refractivity contribution in [2.75, 3.05) is 11.1 Å². The molecule has 9 N–H and O–H groups in total. The SMILES string of the molecule is NC(=O)c1ccc2ncoc2c1.Nc1ccc(C(=O)O)cc1O.O=C(NC(=O)c1ccc2ncoc2c1)Nc1cccc(Cl)c1.O=C(O)c1ccc2ncoc2c1. The van der Waals surface area contributed by atoms with E-state index in [-0.39, 0.29) is 22.6 Å². The largest absolute Gasteiger partial charge is 0.506 e. The minimum absolute atomic E-state index is 0.0247. The van der Waals surface area contributed by atoms with Crippen molar-refractivity contribution < 1.29 is 52.5 Å². The van der Waals surface area contributed by atoms with Gasteiger partial charge >= 0.3 is 18.0 Å². The molecule has 0 aliphatic rings. The van der Waals surface area contributed by atoms with Crippen LogP contribution in [0, 0.1) is 0 Å². The Hall–Kier alpha value is -8.25. The number of nitrogen functional groups attached to an aromatic ring is 1. The van der Waals surface area contributed by atoms with E-state index in [1.165, 1.54) is 49.5 Å². The van der Waals surface area contributed by atoms with Crippen LogP contribution >= 0.6 is 11.6 Å². The lowest BCUT2D eigenvalue weighted by Gasteiger charge is -2.07. The van der Waals surface area contributed by atoms with Gasteiger partial charge in [-0.2, -0.15) is 0 Å². The maximum atomic E-state index is 12.0. The number of halogens is 1. The van der Waals surface area contributed by atoms with Crippen LogP contribution in [0.1, 0.15) is 41.4 Å². The first-order chi connectivity index (χ1) is 27.3. The number of carboxylic acids is 2. The number of oxazole rings is 3. The molecule has 0 aliphatic carbocycles. The molecule has 0 aliphatic heterocycles. The third-order valence-corrected chi connectivity index (χ3v) is 7.61. The average Bonchev–Trinajstić information content (AvgIpc) is 3.97. The van der Waals surface area contributed by atoms with Crippen LogP contribution in [-0.2, 0) is 0 Å². The maximum Gasteiger partial charge on any atom is 0.335 e. The lowest BCUT2D eigenvalue weighted by atomic mass is 10.2. The van der Waals surface area contributed by atoms with Gasteiger partial charge in [0.25, 0.3) is 5.91 Å². The highest BCUT2D eigenvalue weighted by molar-refractivity contribution is 6.31. The van der Waals surface area contributed by atoms with Gasteiger partial charge in [0.15, 0.2) is 35.9 Å². The number of fused-ring (bicyclic) bond motifs is 3. The van der Waals surface area contributed by atoms with E-state index in [4.69, 9.17) is 51.6 Å². The van der Waals surface area contributed by atoms with Crippen LogP contribution in [0.5, 0.6) is 5.75 Å². The van der Waals surface area contributed by atoms with Crippen LogP contribution in [-0.4, -0.2) is 60.1 Å². The standard InChI is InChI=1S/C15H10ClN3O3.C8H6N2O2.C8H5NO3.C7H7NO3/c16-10-2-1-3-11(7-10)18-15(21)19-14(20)9-4-5-12-13(6-9)22-8-17-12;9-8(11)5-1-2-6-7(3-5)12-4-10-6;10-8(11)5-1-2-6-7(3-5)12-4-9-6;8-5-2-1-4(7(10)11)3-6(5)9/h1-8H,(H2,18,19,20,21);1-4H,(H2,9,11);1-4H,(H,10,11);1-3,9H,8H2,(H,10,11). The number of carboxylic acid groups (broad SMARTS) is 2. The van der Waals surface area contributed by atoms with Crippen molar-refractivity contribution in [1.29, 1.82) is 0 Å². The number of phenols is 1. The molecule has 19 heteroatoms. The second-order valence-electron chi connectivity index (χ2n) is 11.3. The molecule has 0 fully saturated rings. The number of aromatic hydroxyl groups is 1. The number of carbonyl (C=O) groups is 5. The molecule has 57 heavy (non-hydrogen) atoms. The lowest BCUT2D eigenvalue weighted by molar-refractivity contribution is 0.0686. The van der Waals surface area contributed by atoms with Crippen molar-refractivity contribution in [3.63, 3.8) is 0 Å². The summed E-state index contributed by atoms with van der Waals surface area (Å²) in [5.41, 5.74) is 15.5. The van der Waals surface area contributed by atoms with E-state index in [1.807, 2.05) is 0 Å². The molecule has 8 aromatic rings. The third-order valence-electron chi connectivity index (χ3n) is 7.37. The zero-order valence-corrected chi connectivity index (χ0v) is 29.7. The fourth-order valence-electron chi connectivity index (χ4n) is 4.57. The van der Waals surface area contributed by atoms with Gasteiger partial charge in [0, 0.05) is 21.8 Å². The highest BCUT2D eigenvalue weighted by atomic mass is 35.5. The Balaban J connectivity index is 0.000000153. The van der Waals surface area contributed by atoms with E-state index >= 15 is 0 Å². The summed E-state index contributed by atoms with van der Waals surface area (Å²) in [4.78, 5) is 67.1. The van der Waals surface area contributed by atoms with Crippen LogP contribution in [0.2, 0.25) is 5.02 Å². The number of imide groups is 1. The average molecular weight is 794 g/mol. The zero-order chi connectivity index (χ0) is 41.1. The number of aromatic nitrogens is 3. The van der Waals surface area contributed by atoms with E-state index in [0.29, 0.717) is 49.6 Å². The van der Waals surface area contributed by atoms with E-state index in [0.717, 1.165) is 11.6 Å². The number of phenolic OH excluding ortho intramolecular Hbond substituents is 1. The molecule has 8 rings (SSSR count). The monoisotopic (exact) mass is 793 g/mol. The molecule has 0 unspecified atom stereocenters. The van der Waals surface area contributed by atoms with Crippen molar-refractivity contribution in [1.82, 2.24) is 20.3 Å². The normalized spacial score (nSPS) is 10.2. The molecule has 18 nitrogen and oxygen atoms in total. The fraction of sp³-hybridized carbons (Fsp3) is 0. The molecular formula is C38H28ClN7O11. The molecule has 5 aromatic carbocycles. The second-order valence-corrected chi connectivity index (χ2v) is 11.7. The van der Waals surface area contributed by atoms with Crippen molar-refractivity contribution in [3.05, 3.63) is 144 Å². The molecular weight excluding hydrogens is 766 g/mol. The minimum atomic E-state index is -1.08. The van der Waals surface area contributed by atoms with Crippen molar-refractivity contribution in [2.45, 2.75) is 0 Å². The van der Waals surface area contributed by atoms with Gasteiger partial charge in [-0.05, 0) is 91.0 Å². The summed E-state index contributed by atoms with van der Waals surface area (Å²) >= 11 is 5.82. The molecule has 3 heterocycles. The van der Waals surface area contributed by atoms with Crippen molar-refractivity contribution >= 4 is 86.1 Å². The minimum Gasteiger partial charge on any atom is -0.506 e. The molecule has 4 amide bonds. The number of carbonyl (C=O) groups excluding carboxylic acids is 3. The number of anilines is 2. The van der Waals surface area contributed by atoms with Crippen molar-refractivity contribution in [3.8, 4) is 5.75 Å². The van der Waals surface area contributed by atoms with E-state index in [1.54, 1.807) is 60.7 Å². The van der Waals surface area contributed by atoms with Gasteiger partial charge < -0.3 is 45.4 Å². The molecule has 0 spiro atoms. The molecule has 0 atom stereocenters. The number of hydrogen-bond donors (Lipinski definition) is 7. The zero-order valence-electron chi connectivity index (χ0n) is 29.0. The van der Waals surface area contributed by atoms with Crippen LogP contribution in [0.4, 0.5) is 16.2 Å². The quantitative estimate of drug-likeness (QED) is 0.0716. The van der Waals surface area contributed by atoms with Crippen LogP contribution < -0.4 is 22.1 Å². The van der Waals surface area contributed by atoms with Gasteiger partial charge in [0.05, 0.1) is 16.8 Å². The first kappa shape index (κ1) is 39.9. The number of nitrogens with two attached hydrogens (primary N) is 2. The summed E-state index contributed by atoms with van der Waals surface area (Å²) in [5, 5.41) is 31.3. The van der Waals surface area contributed by atoms with Gasteiger partial charge in [-0.1, -0.05) is 17.7 Å². The highest BCUT2D eigenvalue weighted by Gasteiger charge is 2.13. The fourth-order valence-corrected chi connectivity index (χ4v) is 4.76.